The molecule has 0 aliphatic carbocycles. The lowest BCUT2D eigenvalue weighted by Gasteiger charge is -2.32. The first-order chi connectivity index (χ1) is 19.3. The van der Waals surface area contributed by atoms with Crippen LogP contribution in [0.2, 0.25) is 0 Å². The maximum absolute atomic E-state index is 13.7. The van der Waals surface area contributed by atoms with Crippen LogP contribution in [0.4, 0.5) is 11.4 Å². The summed E-state index contributed by atoms with van der Waals surface area (Å²) in [5, 5.41) is 26.9. The number of carbonyl (C=O) groups excluding carboxylic acids is 1. The predicted octanol–water partition coefficient (Wildman–Crippen LogP) is 5.00. The highest BCUT2D eigenvalue weighted by Gasteiger charge is 2.73. The van der Waals surface area contributed by atoms with Crippen LogP contribution in [0.15, 0.2) is 65.1 Å². The summed E-state index contributed by atoms with van der Waals surface area (Å²) >= 11 is 3.56. The largest absolute Gasteiger partial charge is 0.493 e. The first-order valence-electron chi connectivity index (χ1n) is 12.8. The Hall–Kier alpha value is -4.03. The Morgan fingerprint density at radius 3 is 2.67 bits per heavy atom. The van der Waals surface area contributed by atoms with Gasteiger partial charge in [-0.05, 0) is 58.1 Å². The summed E-state index contributed by atoms with van der Waals surface area (Å²) in [4.78, 5) is 38.9. The normalized spacial score (nSPS) is 24.9. The van der Waals surface area contributed by atoms with Gasteiger partial charge in [0.05, 0.1) is 22.4 Å². The fraction of sp³-hybridized carbons (Fsp3) is 0.321. The molecule has 11 nitrogen and oxygen atoms in total. The molecule has 0 saturated carbocycles. The minimum Gasteiger partial charge on any atom is -0.493 e. The van der Waals surface area contributed by atoms with Gasteiger partial charge in [0.2, 0.25) is 0 Å². The molecule has 3 aliphatic heterocycles. The van der Waals surface area contributed by atoms with E-state index in [0.29, 0.717) is 44.9 Å². The molecule has 12 heteroatoms. The summed E-state index contributed by atoms with van der Waals surface area (Å²) in [6, 6.07) is 15.4. The lowest BCUT2D eigenvalue weighted by Crippen LogP contribution is -2.55. The van der Waals surface area contributed by atoms with Crippen LogP contribution in [0.3, 0.4) is 0 Å². The zero-order valence-electron chi connectivity index (χ0n) is 21.4. The number of nitrogens with one attached hydrogen (secondary N) is 1. The van der Waals surface area contributed by atoms with Gasteiger partial charge in [-0.1, -0.05) is 30.3 Å². The molecule has 4 atom stereocenters. The van der Waals surface area contributed by atoms with Crippen LogP contribution < -0.4 is 14.8 Å². The van der Waals surface area contributed by atoms with E-state index in [4.69, 9.17) is 9.47 Å². The number of anilines is 1. The number of methoxy groups -OCH3 is 1. The molecule has 3 aromatic carbocycles. The fourth-order valence-corrected chi connectivity index (χ4v) is 7.34. The number of hydrogen-bond donors (Lipinski definition) is 1. The maximum atomic E-state index is 13.7. The minimum absolute atomic E-state index is 0.0397. The molecule has 40 heavy (non-hydrogen) atoms. The smallest absolute Gasteiger partial charge is 0.269 e. The first-order valence-corrected chi connectivity index (χ1v) is 13.6. The molecule has 6 rings (SSSR count). The van der Waals surface area contributed by atoms with E-state index < -0.39 is 22.4 Å². The van der Waals surface area contributed by atoms with E-state index in [1.165, 1.54) is 19.2 Å². The number of nitro groups is 2. The SMILES string of the molecule is COc1cc([C@H]2[C@H]([N+](=O)[O-])[C@@]3(C(=O)Nc4ccccc43)N3CCC[C@@H]23)cc(Br)c1OCc1cccc([N+](=O)[O-])c1. The van der Waals surface area contributed by atoms with Crippen molar-refractivity contribution in [1.82, 2.24) is 4.90 Å². The standard InChI is InChI=1S/C28H25BrN4O7/c1-39-23-14-17(13-20(29)25(23)40-15-16-6-4-7-18(12-16)32(35)36)24-22-10-5-11-31(22)28(26(24)33(37)38)19-8-2-3-9-21(19)30-27(28)34/h2-4,6-9,12-14,22,24,26H,5,10-11,15H2,1H3,(H,30,34)/t22-,24+,26-,28-/m0/s1. The molecule has 0 unspecified atom stereocenters. The molecular formula is C28H25BrN4O7. The van der Waals surface area contributed by atoms with E-state index >= 15 is 0 Å². The van der Waals surface area contributed by atoms with Crippen molar-refractivity contribution in [1.29, 1.82) is 0 Å². The Bertz CT molecular complexity index is 1550. The molecule has 1 spiro atoms. The van der Waals surface area contributed by atoms with Gasteiger partial charge in [0, 0.05) is 40.9 Å². The number of carbonyl (C=O) groups is 1. The van der Waals surface area contributed by atoms with Crippen LogP contribution in [0.1, 0.15) is 35.4 Å². The monoisotopic (exact) mass is 608 g/mol. The number of ether oxygens (including phenoxy) is 2. The first kappa shape index (κ1) is 26.2. The van der Waals surface area contributed by atoms with Crippen molar-refractivity contribution in [3.63, 3.8) is 0 Å². The summed E-state index contributed by atoms with van der Waals surface area (Å²) in [5.74, 6) is -0.229. The minimum atomic E-state index is -1.41. The number of hydrogen-bond acceptors (Lipinski definition) is 8. The highest BCUT2D eigenvalue weighted by Crippen LogP contribution is 2.58. The maximum Gasteiger partial charge on any atom is 0.269 e. The van der Waals surface area contributed by atoms with Crippen molar-refractivity contribution in [3.05, 3.63) is 102 Å². The highest BCUT2D eigenvalue weighted by molar-refractivity contribution is 9.10. The van der Waals surface area contributed by atoms with Gasteiger partial charge in [0.15, 0.2) is 17.0 Å². The molecular weight excluding hydrogens is 584 g/mol. The second-order valence-electron chi connectivity index (χ2n) is 10.2. The van der Waals surface area contributed by atoms with E-state index in [0.717, 1.165) is 12.8 Å². The third kappa shape index (κ3) is 3.85. The van der Waals surface area contributed by atoms with Crippen molar-refractivity contribution in [2.24, 2.45) is 0 Å². The van der Waals surface area contributed by atoms with Crippen LogP contribution in [-0.4, -0.2) is 46.4 Å². The molecule has 1 N–H and O–H groups in total. The quantitative estimate of drug-likeness (QED) is 0.292. The summed E-state index contributed by atoms with van der Waals surface area (Å²) in [5.41, 5.74) is 1.06. The Morgan fingerprint density at radius 1 is 1.12 bits per heavy atom. The van der Waals surface area contributed by atoms with Gasteiger partial charge in [-0.15, -0.1) is 0 Å². The summed E-state index contributed by atoms with van der Waals surface area (Å²) in [6.45, 7) is 0.628. The lowest BCUT2D eigenvalue weighted by atomic mass is 9.77. The number of para-hydroxylation sites is 1. The predicted molar refractivity (Wildman–Crippen MR) is 148 cm³/mol. The van der Waals surface area contributed by atoms with Crippen molar-refractivity contribution >= 4 is 33.2 Å². The Labute approximate surface area is 237 Å². The molecule has 2 fully saturated rings. The molecule has 0 aromatic heterocycles. The zero-order chi connectivity index (χ0) is 28.2. The van der Waals surface area contributed by atoms with Crippen molar-refractivity contribution < 1.29 is 24.1 Å². The summed E-state index contributed by atoms with van der Waals surface area (Å²) in [6.07, 6.45) is 1.54. The van der Waals surface area contributed by atoms with Crippen LogP contribution >= 0.6 is 15.9 Å². The number of rotatable bonds is 7. The van der Waals surface area contributed by atoms with Crippen LogP contribution in [0.5, 0.6) is 11.5 Å². The number of halogens is 1. The summed E-state index contributed by atoms with van der Waals surface area (Å²) in [7, 11) is 1.48. The molecule has 3 aromatic rings. The Kier molecular flexibility index (Phi) is 6.46. The second kappa shape index (κ2) is 9.86. The fourth-order valence-electron chi connectivity index (χ4n) is 6.76. The average Bonchev–Trinajstić information content (AvgIpc) is 3.60. The van der Waals surface area contributed by atoms with Crippen molar-refractivity contribution in [2.45, 2.75) is 43.0 Å². The Balaban J connectivity index is 1.40. The topological polar surface area (TPSA) is 137 Å². The van der Waals surface area contributed by atoms with Gasteiger partial charge < -0.3 is 14.8 Å². The third-order valence-electron chi connectivity index (χ3n) is 8.24. The number of non-ortho nitro benzene ring substituents is 1. The van der Waals surface area contributed by atoms with Crippen molar-refractivity contribution in [2.75, 3.05) is 19.0 Å². The number of benzene rings is 3. The molecule has 3 aliphatic rings. The van der Waals surface area contributed by atoms with Gasteiger partial charge in [0.1, 0.15) is 6.61 Å². The third-order valence-corrected chi connectivity index (χ3v) is 8.82. The average molecular weight is 609 g/mol. The lowest BCUT2D eigenvalue weighted by molar-refractivity contribution is -0.534. The van der Waals surface area contributed by atoms with E-state index in [-0.39, 0.29) is 29.2 Å². The van der Waals surface area contributed by atoms with Gasteiger partial charge in [0.25, 0.3) is 17.6 Å². The summed E-state index contributed by atoms with van der Waals surface area (Å²) < 4.78 is 12.2. The molecule has 206 valence electrons. The van der Waals surface area contributed by atoms with Gasteiger partial charge in [-0.3, -0.25) is 29.9 Å². The zero-order valence-corrected chi connectivity index (χ0v) is 23.0. The van der Waals surface area contributed by atoms with Crippen LogP contribution in [-0.2, 0) is 16.9 Å². The number of nitrogens with zero attached hydrogens (tertiary/aromatic N) is 3. The molecule has 1 amide bonds. The number of nitro benzene ring substituents is 1. The van der Waals surface area contributed by atoms with Crippen molar-refractivity contribution in [3.8, 4) is 11.5 Å². The number of amides is 1. The highest BCUT2D eigenvalue weighted by atomic mass is 79.9. The Morgan fingerprint density at radius 2 is 1.93 bits per heavy atom. The van der Waals surface area contributed by atoms with E-state index in [2.05, 4.69) is 21.2 Å². The van der Waals surface area contributed by atoms with E-state index in [1.807, 2.05) is 23.1 Å². The van der Waals surface area contributed by atoms with Crippen LogP contribution in [0, 0.1) is 20.2 Å². The molecule has 2 saturated heterocycles. The van der Waals surface area contributed by atoms with Gasteiger partial charge in [-0.25, -0.2) is 0 Å². The van der Waals surface area contributed by atoms with E-state index in [1.54, 1.807) is 30.3 Å². The van der Waals surface area contributed by atoms with E-state index in [9.17, 15) is 25.0 Å². The molecule has 0 bridgehead atoms. The molecule has 0 radical (unpaired) electrons. The van der Waals surface area contributed by atoms with Crippen LogP contribution in [0.25, 0.3) is 0 Å². The second-order valence-corrected chi connectivity index (χ2v) is 11.0. The number of fused-ring (bicyclic) bond motifs is 4. The van der Waals surface area contributed by atoms with Gasteiger partial charge >= 0.3 is 0 Å². The molecule has 3 heterocycles. The van der Waals surface area contributed by atoms with Gasteiger partial charge in [-0.2, -0.15) is 0 Å².